The highest BCUT2D eigenvalue weighted by Crippen LogP contribution is 2.21. The Bertz CT molecular complexity index is 818. The largest absolute Gasteiger partial charge is 0.369 e. The van der Waals surface area contributed by atoms with Crippen molar-refractivity contribution in [2.24, 2.45) is 0 Å². The first-order valence-electron chi connectivity index (χ1n) is 10.1. The van der Waals surface area contributed by atoms with Gasteiger partial charge in [-0.25, -0.2) is 0 Å². The zero-order valence-electron chi connectivity index (χ0n) is 17.0. The van der Waals surface area contributed by atoms with E-state index in [-0.39, 0.29) is 22.6 Å². The Balaban J connectivity index is 1.56. The van der Waals surface area contributed by atoms with Crippen LogP contribution in [0.15, 0.2) is 54.6 Å². The van der Waals surface area contributed by atoms with Crippen LogP contribution in [0.3, 0.4) is 0 Å². The molecule has 1 heterocycles. The lowest BCUT2D eigenvalue weighted by atomic mass is 10.1. The predicted molar refractivity (Wildman–Crippen MR) is 114 cm³/mol. The molecule has 2 aromatic rings. The molecule has 1 aliphatic heterocycles. The molecular formula is C22H28N4O3. The maximum absolute atomic E-state index is 13.0. The Morgan fingerprint density at radius 3 is 2.24 bits per heavy atom. The number of anilines is 1. The Labute approximate surface area is 171 Å². The standard InChI is InChI=1S/C22H28N4O3/c1-3-23(17-19-7-5-4-6-8-19)22(27)18(2)24-13-15-25(16-14-24)20-9-11-21(12-10-20)26(28)29/h4-12,18H,3,13-17H2,1-2H3/t18-/m0/s1. The van der Waals surface area contributed by atoms with E-state index in [2.05, 4.69) is 9.80 Å². The molecule has 0 unspecified atom stereocenters. The second-order valence-electron chi connectivity index (χ2n) is 7.31. The van der Waals surface area contributed by atoms with Gasteiger partial charge in [-0.2, -0.15) is 0 Å². The molecule has 0 aliphatic carbocycles. The minimum absolute atomic E-state index is 0.102. The molecule has 2 aromatic carbocycles. The maximum Gasteiger partial charge on any atom is 0.269 e. The molecule has 0 bridgehead atoms. The van der Waals surface area contributed by atoms with Crippen LogP contribution < -0.4 is 4.90 Å². The monoisotopic (exact) mass is 396 g/mol. The molecule has 7 heteroatoms. The number of carbonyl (C=O) groups excluding carboxylic acids is 1. The lowest BCUT2D eigenvalue weighted by molar-refractivity contribution is -0.384. The molecule has 3 rings (SSSR count). The van der Waals surface area contributed by atoms with Crippen LogP contribution in [0, 0.1) is 10.1 Å². The fraction of sp³-hybridized carbons (Fsp3) is 0.409. The normalized spacial score (nSPS) is 15.7. The van der Waals surface area contributed by atoms with Gasteiger partial charge < -0.3 is 9.80 Å². The highest BCUT2D eigenvalue weighted by molar-refractivity contribution is 5.81. The number of piperazine rings is 1. The van der Waals surface area contributed by atoms with Crippen molar-refractivity contribution in [3.05, 3.63) is 70.3 Å². The summed E-state index contributed by atoms with van der Waals surface area (Å²) in [6.45, 7) is 8.46. The maximum atomic E-state index is 13.0. The number of amides is 1. The first-order chi connectivity index (χ1) is 14.0. The molecule has 0 N–H and O–H groups in total. The van der Waals surface area contributed by atoms with Gasteiger partial charge in [0.25, 0.3) is 5.69 Å². The number of nitrogens with zero attached hydrogens (tertiary/aromatic N) is 4. The van der Waals surface area contributed by atoms with Crippen molar-refractivity contribution in [2.75, 3.05) is 37.6 Å². The van der Waals surface area contributed by atoms with Crippen molar-refractivity contribution in [1.82, 2.24) is 9.80 Å². The topological polar surface area (TPSA) is 69.9 Å². The number of nitro groups is 1. The number of non-ortho nitro benzene ring substituents is 1. The van der Waals surface area contributed by atoms with E-state index < -0.39 is 0 Å². The van der Waals surface area contributed by atoms with Crippen molar-refractivity contribution < 1.29 is 9.72 Å². The second-order valence-corrected chi connectivity index (χ2v) is 7.31. The summed E-state index contributed by atoms with van der Waals surface area (Å²) in [7, 11) is 0. The Morgan fingerprint density at radius 2 is 1.69 bits per heavy atom. The van der Waals surface area contributed by atoms with E-state index >= 15 is 0 Å². The van der Waals surface area contributed by atoms with Gasteiger partial charge in [-0.3, -0.25) is 19.8 Å². The number of rotatable bonds is 7. The summed E-state index contributed by atoms with van der Waals surface area (Å²) >= 11 is 0. The summed E-state index contributed by atoms with van der Waals surface area (Å²) < 4.78 is 0. The first kappa shape index (κ1) is 20.8. The van der Waals surface area contributed by atoms with E-state index in [0.717, 1.165) is 37.4 Å². The second kappa shape index (κ2) is 9.52. The smallest absolute Gasteiger partial charge is 0.269 e. The van der Waals surface area contributed by atoms with Gasteiger partial charge in [0.15, 0.2) is 0 Å². The van der Waals surface area contributed by atoms with E-state index in [1.54, 1.807) is 12.1 Å². The van der Waals surface area contributed by atoms with E-state index in [1.165, 1.54) is 12.1 Å². The number of likely N-dealkylation sites (N-methyl/N-ethyl adjacent to an activating group) is 1. The number of benzene rings is 2. The summed E-state index contributed by atoms with van der Waals surface area (Å²) in [6.07, 6.45) is 0. The summed E-state index contributed by atoms with van der Waals surface area (Å²) in [5.41, 5.74) is 2.22. The van der Waals surface area contributed by atoms with Crippen molar-refractivity contribution in [1.29, 1.82) is 0 Å². The molecule has 29 heavy (non-hydrogen) atoms. The van der Waals surface area contributed by atoms with Crippen molar-refractivity contribution in [3.63, 3.8) is 0 Å². The van der Waals surface area contributed by atoms with Crippen molar-refractivity contribution in [2.45, 2.75) is 26.4 Å². The third-order valence-corrected chi connectivity index (χ3v) is 5.55. The average Bonchev–Trinajstić information content (AvgIpc) is 2.77. The summed E-state index contributed by atoms with van der Waals surface area (Å²) in [6, 6.07) is 16.6. The molecule has 1 saturated heterocycles. The van der Waals surface area contributed by atoms with Crippen LogP contribution in [0.5, 0.6) is 0 Å². The fourth-order valence-electron chi connectivity index (χ4n) is 3.72. The first-order valence-corrected chi connectivity index (χ1v) is 10.1. The van der Waals surface area contributed by atoms with Gasteiger partial charge in [0, 0.05) is 57.1 Å². The molecule has 154 valence electrons. The van der Waals surface area contributed by atoms with Gasteiger partial charge in [-0.05, 0) is 31.5 Å². The zero-order chi connectivity index (χ0) is 20.8. The van der Waals surface area contributed by atoms with E-state index in [1.807, 2.05) is 49.1 Å². The van der Waals surface area contributed by atoms with Gasteiger partial charge in [-0.15, -0.1) is 0 Å². The van der Waals surface area contributed by atoms with Crippen molar-refractivity contribution in [3.8, 4) is 0 Å². The Hall–Kier alpha value is -2.93. The van der Waals surface area contributed by atoms with Gasteiger partial charge >= 0.3 is 0 Å². The molecule has 1 fully saturated rings. The highest BCUT2D eigenvalue weighted by atomic mass is 16.6. The van der Waals surface area contributed by atoms with Gasteiger partial charge in [0.2, 0.25) is 5.91 Å². The third-order valence-electron chi connectivity index (χ3n) is 5.55. The van der Waals surface area contributed by atoms with Crippen LogP contribution in [0.2, 0.25) is 0 Å². The summed E-state index contributed by atoms with van der Waals surface area (Å²) in [5.74, 6) is 0.153. The van der Waals surface area contributed by atoms with Crippen LogP contribution in [-0.2, 0) is 11.3 Å². The van der Waals surface area contributed by atoms with Gasteiger partial charge in [0.05, 0.1) is 11.0 Å². The molecule has 1 amide bonds. The SMILES string of the molecule is CCN(Cc1ccccc1)C(=O)[C@H](C)N1CCN(c2ccc([N+](=O)[O-])cc2)CC1. The predicted octanol–water partition coefficient (Wildman–Crippen LogP) is 3.15. The number of hydrogen-bond acceptors (Lipinski definition) is 5. The molecule has 1 atom stereocenters. The fourth-order valence-corrected chi connectivity index (χ4v) is 3.72. The van der Waals surface area contributed by atoms with E-state index in [0.29, 0.717) is 13.1 Å². The summed E-state index contributed by atoms with van der Waals surface area (Å²) in [5, 5.41) is 10.8. The van der Waals surface area contributed by atoms with Crippen LogP contribution in [0.1, 0.15) is 19.4 Å². The lowest BCUT2D eigenvalue weighted by Gasteiger charge is -2.39. The molecule has 0 aromatic heterocycles. The Morgan fingerprint density at radius 1 is 1.07 bits per heavy atom. The van der Waals surface area contributed by atoms with E-state index in [4.69, 9.17) is 0 Å². The minimum Gasteiger partial charge on any atom is -0.369 e. The molecular weight excluding hydrogens is 368 g/mol. The number of hydrogen-bond donors (Lipinski definition) is 0. The number of carbonyl (C=O) groups is 1. The van der Waals surface area contributed by atoms with E-state index in [9.17, 15) is 14.9 Å². The van der Waals surface area contributed by atoms with Crippen LogP contribution in [0.25, 0.3) is 0 Å². The van der Waals surface area contributed by atoms with Gasteiger partial charge in [-0.1, -0.05) is 30.3 Å². The minimum atomic E-state index is -0.385. The van der Waals surface area contributed by atoms with Crippen LogP contribution in [-0.4, -0.2) is 59.4 Å². The molecule has 0 radical (unpaired) electrons. The molecule has 0 spiro atoms. The Kier molecular flexibility index (Phi) is 6.82. The van der Waals surface area contributed by atoms with Gasteiger partial charge in [0.1, 0.15) is 0 Å². The molecule has 0 saturated carbocycles. The quantitative estimate of drug-likeness (QED) is 0.531. The number of nitro benzene ring substituents is 1. The van der Waals surface area contributed by atoms with Crippen LogP contribution in [0.4, 0.5) is 11.4 Å². The summed E-state index contributed by atoms with van der Waals surface area (Å²) in [4.78, 5) is 29.8. The lowest BCUT2D eigenvalue weighted by Crippen LogP contribution is -2.54. The zero-order valence-corrected chi connectivity index (χ0v) is 17.0. The third kappa shape index (κ3) is 5.12. The highest BCUT2D eigenvalue weighted by Gasteiger charge is 2.28. The molecule has 1 aliphatic rings. The van der Waals surface area contributed by atoms with Crippen molar-refractivity contribution >= 4 is 17.3 Å². The molecule has 7 nitrogen and oxygen atoms in total. The average molecular weight is 396 g/mol. The van der Waals surface area contributed by atoms with Crippen LogP contribution >= 0.6 is 0 Å².